The molecule has 0 saturated heterocycles. The Bertz CT molecular complexity index is 1200. The van der Waals surface area contributed by atoms with E-state index in [2.05, 4.69) is 86.6 Å². The third-order valence-corrected chi connectivity index (χ3v) is 11.8. The highest BCUT2D eigenvalue weighted by atomic mass is 16.5. The first-order valence-electron chi connectivity index (χ1n) is 21.8. The zero-order valence-electron chi connectivity index (χ0n) is 35.8. The second-order valence-corrected chi connectivity index (χ2v) is 17.3. The second kappa shape index (κ2) is 25.7. The van der Waals surface area contributed by atoms with Gasteiger partial charge in [0.25, 0.3) is 0 Å². The van der Waals surface area contributed by atoms with Crippen LogP contribution in [0.3, 0.4) is 0 Å². The third kappa shape index (κ3) is 17.7. The lowest BCUT2D eigenvalue weighted by Gasteiger charge is -2.38. The van der Waals surface area contributed by atoms with E-state index >= 15 is 0 Å². The molecule has 4 heteroatoms. The minimum absolute atomic E-state index is 0.0232. The van der Waals surface area contributed by atoms with Crippen molar-refractivity contribution in [1.82, 2.24) is 0 Å². The summed E-state index contributed by atoms with van der Waals surface area (Å²) >= 11 is 0. The third-order valence-electron chi connectivity index (χ3n) is 11.8. The van der Waals surface area contributed by atoms with E-state index in [4.69, 9.17) is 14.2 Å². The molecular weight excluding hydrogens is 641 g/mol. The number of carbonyl (C=O) groups is 1. The maximum atomic E-state index is 11.4. The van der Waals surface area contributed by atoms with Gasteiger partial charge >= 0.3 is 5.97 Å². The van der Waals surface area contributed by atoms with Crippen molar-refractivity contribution in [3.8, 4) is 11.5 Å². The van der Waals surface area contributed by atoms with Crippen molar-refractivity contribution in [3.63, 3.8) is 0 Å². The van der Waals surface area contributed by atoms with Crippen LogP contribution in [0.15, 0.2) is 24.3 Å². The molecule has 0 spiro atoms. The van der Waals surface area contributed by atoms with E-state index in [1.54, 1.807) is 0 Å². The summed E-state index contributed by atoms with van der Waals surface area (Å²) in [5.41, 5.74) is 4.94. The normalized spacial score (nSPS) is 17.8. The average Bonchev–Trinajstić information content (AvgIpc) is 3.10. The Hall–Kier alpha value is -2.23. The van der Waals surface area contributed by atoms with Crippen molar-refractivity contribution >= 4 is 5.97 Å². The fourth-order valence-electron chi connectivity index (χ4n) is 7.90. The van der Waals surface area contributed by atoms with Crippen LogP contribution < -0.4 is 9.47 Å². The van der Waals surface area contributed by atoms with E-state index in [-0.39, 0.29) is 17.7 Å². The molecular formula is C48H82O4. The molecule has 0 N–H and O–H groups in total. The number of benzene rings is 1. The Morgan fingerprint density at radius 1 is 0.769 bits per heavy atom. The topological polar surface area (TPSA) is 44.8 Å². The molecule has 0 amide bonds. The number of methoxy groups -OCH3 is 1. The summed E-state index contributed by atoms with van der Waals surface area (Å²) in [5, 5.41) is 0. The highest BCUT2D eigenvalue weighted by Gasteiger charge is 2.34. The summed E-state index contributed by atoms with van der Waals surface area (Å²) in [6, 6.07) is 0. The van der Waals surface area contributed by atoms with E-state index < -0.39 is 0 Å². The van der Waals surface area contributed by atoms with Gasteiger partial charge in [0.05, 0.1) is 7.11 Å². The van der Waals surface area contributed by atoms with Crippen molar-refractivity contribution in [2.45, 2.75) is 215 Å². The molecule has 1 aliphatic heterocycles. The summed E-state index contributed by atoms with van der Waals surface area (Å²) in [7, 11) is 1.47. The number of rotatable bonds is 28. The average molecular weight is 723 g/mol. The molecule has 1 aliphatic rings. The van der Waals surface area contributed by atoms with Gasteiger partial charge in [-0.05, 0) is 126 Å². The SMILES string of the molecule is CCCCC/C=C\C=C\C(CCCCCCCC(=O)OC)Oc1c(C)c(C)c2c(c1C)CC[C@@](C)(CCC[C@H](C)CCC[C@H](C)CCCC(C)C)O2. The fourth-order valence-corrected chi connectivity index (χ4v) is 7.90. The predicted octanol–water partition coefficient (Wildman–Crippen LogP) is 14.5. The molecule has 0 aromatic heterocycles. The number of allylic oxidation sites excluding steroid dienone is 3. The lowest BCUT2D eigenvalue weighted by Crippen LogP contribution is -2.37. The van der Waals surface area contributed by atoms with Crippen molar-refractivity contribution in [3.05, 3.63) is 46.6 Å². The molecule has 0 bridgehead atoms. The van der Waals surface area contributed by atoms with E-state index in [0.717, 1.165) is 93.5 Å². The van der Waals surface area contributed by atoms with Gasteiger partial charge in [-0.3, -0.25) is 4.79 Å². The number of ether oxygens (including phenoxy) is 3. The van der Waals surface area contributed by atoms with Crippen LogP contribution in [0.25, 0.3) is 0 Å². The van der Waals surface area contributed by atoms with Crippen LogP contribution in [0.5, 0.6) is 11.5 Å². The standard InChI is InChI=1S/C48H82O4/c1-11-12-13-14-15-17-20-31-43(32-21-18-16-19-22-33-45(49)50-10)51-46-40(6)41(7)47-44(42(46)8)34-36-48(9,52-47)35-25-30-39(5)29-24-28-38(4)27-23-26-37(2)3/h15,17,20,31,37-39,43H,11-14,16,18-19,21-30,32-36H2,1-10H3/b17-15-,31-20+/t38-,39-,43?,48-/m1/s1. The molecule has 0 radical (unpaired) electrons. The maximum absolute atomic E-state index is 11.4. The van der Waals surface area contributed by atoms with E-state index in [1.165, 1.54) is 100.0 Å². The minimum atomic E-state index is -0.106. The quantitative estimate of drug-likeness (QED) is 0.0491. The number of hydrogen-bond acceptors (Lipinski definition) is 4. The van der Waals surface area contributed by atoms with Crippen LogP contribution in [0, 0.1) is 38.5 Å². The van der Waals surface area contributed by atoms with Gasteiger partial charge in [-0.2, -0.15) is 0 Å². The summed E-state index contributed by atoms with van der Waals surface area (Å²) in [4.78, 5) is 11.4. The number of carbonyl (C=O) groups excluding carboxylic acids is 1. The Balaban J connectivity index is 1.99. The highest BCUT2D eigenvalue weighted by molar-refractivity contribution is 5.69. The second-order valence-electron chi connectivity index (χ2n) is 17.3. The van der Waals surface area contributed by atoms with Crippen LogP contribution in [-0.4, -0.2) is 24.8 Å². The Morgan fingerprint density at radius 2 is 1.42 bits per heavy atom. The molecule has 1 unspecified atom stereocenters. The molecule has 1 aromatic rings. The fraction of sp³-hybridized carbons (Fsp3) is 0.771. The summed E-state index contributed by atoms with van der Waals surface area (Å²) < 4.78 is 18.7. The molecule has 298 valence electrons. The van der Waals surface area contributed by atoms with Crippen molar-refractivity contribution in [2.75, 3.05) is 7.11 Å². The lowest BCUT2D eigenvalue weighted by molar-refractivity contribution is -0.140. The molecule has 0 fully saturated rings. The summed E-state index contributed by atoms with van der Waals surface area (Å²) in [5.74, 6) is 4.55. The van der Waals surface area contributed by atoms with E-state index in [9.17, 15) is 4.79 Å². The molecule has 0 saturated carbocycles. The zero-order chi connectivity index (χ0) is 38.4. The molecule has 1 aromatic carbocycles. The first-order valence-corrected chi connectivity index (χ1v) is 21.8. The van der Waals surface area contributed by atoms with Crippen LogP contribution >= 0.6 is 0 Å². The van der Waals surface area contributed by atoms with Crippen molar-refractivity contribution < 1.29 is 19.0 Å². The van der Waals surface area contributed by atoms with Crippen LogP contribution in [0.1, 0.15) is 199 Å². The maximum Gasteiger partial charge on any atom is 0.305 e. The molecule has 52 heavy (non-hydrogen) atoms. The van der Waals surface area contributed by atoms with Crippen LogP contribution in [-0.2, 0) is 16.0 Å². The Kier molecular flexibility index (Phi) is 22.7. The van der Waals surface area contributed by atoms with Gasteiger partial charge in [-0.25, -0.2) is 0 Å². The minimum Gasteiger partial charge on any atom is -0.487 e. The summed E-state index contributed by atoms with van der Waals surface area (Å²) in [6.07, 6.45) is 34.8. The molecule has 1 heterocycles. The first kappa shape index (κ1) is 45.9. The zero-order valence-corrected chi connectivity index (χ0v) is 35.8. The first-order chi connectivity index (χ1) is 24.9. The Labute approximate surface area is 322 Å². The van der Waals surface area contributed by atoms with Crippen molar-refractivity contribution in [1.29, 1.82) is 0 Å². The number of hydrogen-bond donors (Lipinski definition) is 0. The smallest absolute Gasteiger partial charge is 0.305 e. The van der Waals surface area contributed by atoms with E-state index in [0.29, 0.717) is 6.42 Å². The van der Waals surface area contributed by atoms with Gasteiger partial charge in [-0.15, -0.1) is 0 Å². The largest absolute Gasteiger partial charge is 0.487 e. The highest BCUT2D eigenvalue weighted by Crippen LogP contribution is 2.45. The summed E-state index contributed by atoms with van der Waals surface area (Å²) in [6.45, 7) is 20.9. The molecule has 2 rings (SSSR count). The lowest BCUT2D eigenvalue weighted by atomic mass is 9.83. The van der Waals surface area contributed by atoms with Crippen LogP contribution in [0.2, 0.25) is 0 Å². The Morgan fingerprint density at radius 3 is 2.10 bits per heavy atom. The van der Waals surface area contributed by atoms with E-state index in [1.807, 2.05) is 0 Å². The molecule has 4 atom stereocenters. The predicted molar refractivity (Wildman–Crippen MR) is 224 cm³/mol. The van der Waals surface area contributed by atoms with Gasteiger partial charge in [0.15, 0.2) is 0 Å². The van der Waals surface area contributed by atoms with Gasteiger partial charge in [0.1, 0.15) is 23.2 Å². The monoisotopic (exact) mass is 723 g/mol. The number of fused-ring (bicyclic) bond motifs is 1. The van der Waals surface area contributed by atoms with Gasteiger partial charge in [0.2, 0.25) is 0 Å². The van der Waals surface area contributed by atoms with Gasteiger partial charge < -0.3 is 14.2 Å². The van der Waals surface area contributed by atoms with Gasteiger partial charge in [0, 0.05) is 12.0 Å². The van der Waals surface area contributed by atoms with Crippen molar-refractivity contribution in [2.24, 2.45) is 17.8 Å². The molecule has 4 nitrogen and oxygen atoms in total. The molecule has 0 aliphatic carbocycles. The number of unbranched alkanes of at least 4 members (excludes halogenated alkanes) is 7. The van der Waals surface area contributed by atoms with Gasteiger partial charge in [-0.1, -0.05) is 130 Å². The van der Waals surface area contributed by atoms with Crippen LogP contribution in [0.4, 0.5) is 0 Å². The number of esters is 1.